The minimum atomic E-state index is -0.575. The summed E-state index contributed by atoms with van der Waals surface area (Å²) in [5.74, 6) is 0.230. The molecule has 140 valence electrons. The molecular weight excluding hydrogens is 336 g/mol. The number of pyridine rings is 1. The van der Waals surface area contributed by atoms with Gasteiger partial charge in [0.05, 0.1) is 32.2 Å². The maximum absolute atomic E-state index is 12.7. The second kappa shape index (κ2) is 8.29. The number of hydrogen-bond acceptors (Lipinski definition) is 6. The molecule has 8 nitrogen and oxygen atoms in total. The Bertz CT molecular complexity index is 735. The molecule has 8 heteroatoms. The van der Waals surface area contributed by atoms with Crippen LogP contribution in [0.2, 0.25) is 0 Å². The van der Waals surface area contributed by atoms with E-state index in [1.165, 1.54) is 7.11 Å². The number of aliphatic hydroxyl groups excluding tert-OH is 1. The fourth-order valence-electron chi connectivity index (χ4n) is 3.43. The van der Waals surface area contributed by atoms with Crippen LogP contribution in [0.5, 0.6) is 5.88 Å². The van der Waals surface area contributed by atoms with E-state index < -0.39 is 6.10 Å². The molecule has 1 aliphatic rings. The molecule has 1 unspecified atom stereocenters. The van der Waals surface area contributed by atoms with Crippen LogP contribution >= 0.6 is 0 Å². The van der Waals surface area contributed by atoms with Crippen LogP contribution in [-0.2, 0) is 17.9 Å². The Morgan fingerprint density at radius 2 is 2.27 bits per heavy atom. The van der Waals surface area contributed by atoms with E-state index in [1.54, 1.807) is 31.9 Å². The summed E-state index contributed by atoms with van der Waals surface area (Å²) < 4.78 is 12.3. The molecule has 0 saturated heterocycles. The van der Waals surface area contributed by atoms with Gasteiger partial charge in [-0.2, -0.15) is 0 Å². The smallest absolute Gasteiger partial charge is 0.257 e. The summed E-state index contributed by atoms with van der Waals surface area (Å²) in [6.45, 7) is 1.13. The Balaban J connectivity index is 1.66. The van der Waals surface area contributed by atoms with Gasteiger partial charge >= 0.3 is 0 Å². The van der Waals surface area contributed by atoms with Crippen molar-refractivity contribution in [1.29, 1.82) is 0 Å². The molecule has 3 rings (SSSR count). The Kier molecular flexibility index (Phi) is 5.85. The number of aromatic nitrogens is 3. The van der Waals surface area contributed by atoms with Gasteiger partial charge in [0.15, 0.2) is 0 Å². The number of aliphatic hydroxyl groups is 1. The van der Waals surface area contributed by atoms with Gasteiger partial charge in [-0.15, -0.1) is 0 Å². The number of hydrogen-bond donors (Lipinski definition) is 2. The molecule has 2 aromatic rings. The second-order valence-corrected chi connectivity index (χ2v) is 6.58. The number of methoxy groups -OCH3 is 2. The summed E-state index contributed by atoms with van der Waals surface area (Å²) in [6, 6.07) is 1.40. The van der Waals surface area contributed by atoms with E-state index in [-0.39, 0.29) is 23.7 Å². The van der Waals surface area contributed by atoms with Gasteiger partial charge in [-0.3, -0.25) is 4.79 Å². The van der Waals surface area contributed by atoms with Crippen molar-refractivity contribution < 1.29 is 19.4 Å². The fraction of sp³-hybridized carbons (Fsp3) is 0.500. The standard InChI is InChI=1S/C18H24N4O4/c1-25-10-13-5-14(18(26-2)20-8-13)17(24)21-15-6-12(7-16(15)23)9-22-4-3-19-11-22/h3-5,8,11-12,15-16,23H,6-7,9-10H2,1-2H3,(H,21,24)/t12?,15-,16-/m1/s1. The lowest BCUT2D eigenvalue weighted by molar-refractivity contribution is 0.0868. The van der Waals surface area contributed by atoms with E-state index in [0.29, 0.717) is 25.0 Å². The molecule has 1 aliphatic carbocycles. The van der Waals surface area contributed by atoms with Crippen molar-refractivity contribution in [2.45, 2.75) is 38.1 Å². The SMILES string of the molecule is COCc1cnc(OC)c(C(=O)N[C@@H]2CC(Cn3ccnc3)C[C@H]2O)c1. The number of carbonyl (C=O) groups is 1. The fourth-order valence-corrected chi connectivity index (χ4v) is 3.43. The van der Waals surface area contributed by atoms with Gasteiger partial charge in [0.1, 0.15) is 5.56 Å². The number of nitrogens with one attached hydrogen (secondary N) is 1. The van der Waals surface area contributed by atoms with Crippen LogP contribution in [-0.4, -0.2) is 51.9 Å². The van der Waals surface area contributed by atoms with E-state index in [2.05, 4.69) is 15.3 Å². The first-order valence-corrected chi connectivity index (χ1v) is 8.57. The molecule has 26 heavy (non-hydrogen) atoms. The van der Waals surface area contributed by atoms with Crippen LogP contribution in [0.25, 0.3) is 0 Å². The largest absolute Gasteiger partial charge is 0.480 e. The lowest BCUT2D eigenvalue weighted by Crippen LogP contribution is -2.40. The monoisotopic (exact) mass is 360 g/mol. The molecule has 0 spiro atoms. The van der Waals surface area contributed by atoms with Crippen LogP contribution in [0.4, 0.5) is 0 Å². The lowest BCUT2D eigenvalue weighted by atomic mass is 10.1. The third kappa shape index (κ3) is 4.20. The quantitative estimate of drug-likeness (QED) is 0.764. The van der Waals surface area contributed by atoms with Gasteiger partial charge in [0.25, 0.3) is 5.91 Å². The average Bonchev–Trinajstić information content (AvgIpc) is 3.25. The van der Waals surface area contributed by atoms with Crippen LogP contribution in [0, 0.1) is 5.92 Å². The van der Waals surface area contributed by atoms with E-state index in [4.69, 9.17) is 9.47 Å². The van der Waals surface area contributed by atoms with E-state index in [9.17, 15) is 9.90 Å². The first-order valence-electron chi connectivity index (χ1n) is 8.57. The minimum Gasteiger partial charge on any atom is -0.480 e. The highest BCUT2D eigenvalue weighted by Gasteiger charge is 2.34. The molecule has 0 bridgehead atoms. The summed E-state index contributed by atoms with van der Waals surface area (Å²) >= 11 is 0. The molecule has 0 aromatic carbocycles. The number of imidazole rings is 1. The molecule has 3 atom stereocenters. The van der Waals surface area contributed by atoms with Gasteiger partial charge in [-0.25, -0.2) is 9.97 Å². The first kappa shape index (κ1) is 18.3. The summed E-state index contributed by atoms with van der Waals surface area (Å²) in [7, 11) is 3.06. The Hall–Kier alpha value is -2.45. The number of ether oxygens (including phenoxy) is 2. The number of nitrogens with zero attached hydrogens (tertiary/aromatic N) is 3. The zero-order chi connectivity index (χ0) is 18.5. The molecule has 1 saturated carbocycles. The number of carbonyl (C=O) groups excluding carboxylic acids is 1. The van der Waals surface area contributed by atoms with Crippen molar-refractivity contribution in [3.05, 3.63) is 42.1 Å². The Morgan fingerprint density at radius 3 is 2.96 bits per heavy atom. The predicted molar refractivity (Wildman–Crippen MR) is 93.7 cm³/mol. The van der Waals surface area contributed by atoms with Crippen LogP contribution in [0.1, 0.15) is 28.8 Å². The van der Waals surface area contributed by atoms with Gasteiger partial charge in [0.2, 0.25) is 5.88 Å². The van der Waals surface area contributed by atoms with Gasteiger partial charge in [0, 0.05) is 32.2 Å². The average molecular weight is 360 g/mol. The zero-order valence-electron chi connectivity index (χ0n) is 15.0. The molecular formula is C18H24N4O4. The molecule has 0 radical (unpaired) electrons. The zero-order valence-corrected chi connectivity index (χ0v) is 15.0. The van der Waals surface area contributed by atoms with E-state index in [1.807, 2.05) is 10.8 Å². The van der Waals surface area contributed by atoms with Crippen molar-refractivity contribution in [2.24, 2.45) is 5.92 Å². The Morgan fingerprint density at radius 1 is 1.42 bits per heavy atom. The molecule has 2 heterocycles. The minimum absolute atomic E-state index is 0.254. The maximum atomic E-state index is 12.7. The van der Waals surface area contributed by atoms with E-state index in [0.717, 1.165) is 12.1 Å². The van der Waals surface area contributed by atoms with Crippen molar-refractivity contribution >= 4 is 5.91 Å². The summed E-state index contributed by atoms with van der Waals surface area (Å²) in [5.41, 5.74) is 1.12. The highest BCUT2D eigenvalue weighted by atomic mass is 16.5. The molecule has 1 fully saturated rings. The van der Waals surface area contributed by atoms with Crippen molar-refractivity contribution in [3.63, 3.8) is 0 Å². The van der Waals surface area contributed by atoms with Gasteiger partial charge < -0.3 is 24.5 Å². The van der Waals surface area contributed by atoms with Crippen molar-refractivity contribution in [1.82, 2.24) is 19.9 Å². The Labute approximate surface area is 152 Å². The highest BCUT2D eigenvalue weighted by molar-refractivity contribution is 5.96. The first-order chi connectivity index (χ1) is 12.6. The van der Waals surface area contributed by atoms with E-state index >= 15 is 0 Å². The number of amides is 1. The second-order valence-electron chi connectivity index (χ2n) is 6.58. The lowest BCUT2D eigenvalue weighted by Gasteiger charge is -2.17. The van der Waals surface area contributed by atoms with Gasteiger partial charge in [-0.05, 0) is 30.4 Å². The van der Waals surface area contributed by atoms with Gasteiger partial charge in [-0.1, -0.05) is 0 Å². The molecule has 2 N–H and O–H groups in total. The van der Waals surface area contributed by atoms with Crippen molar-refractivity contribution in [2.75, 3.05) is 14.2 Å². The predicted octanol–water partition coefficient (Wildman–Crippen LogP) is 1.00. The molecule has 1 amide bonds. The normalized spacial score (nSPS) is 22.3. The molecule has 2 aromatic heterocycles. The third-order valence-corrected chi connectivity index (χ3v) is 4.63. The summed E-state index contributed by atoms with van der Waals surface area (Å²) in [6.07, 6.45) is 7.78. The summed E-state index contributed by atoms with van der Waals surface area (Å²) in [5, 5.41) is 13.3. The maximum Gasteiger partial charge on any atom is 0.257 e. The highest BCUT2D eigenvalue weighted by Crippen LogP contribution is 2.28. The summed E-state index contributed by atoms with van der Waals surface area (Å²) in [4.78, 5) is 20.9. The van der Waals surface area contributed by atoms with Crippen LogP contribution in [0.15, 0.2) is 31.0 Å². The number of rotatable bonds is 7. The topological polar surface area (TPSA) is 98.5 Å². The van der Waals surface area contributed by atoms with Crippen LogP contribution < -0.4 is 10.1 Å². The third-order valence-electron chi connectivity index (χ3n) is 4.63. The molecule has 0 aliphatic heterocycles. The van der Waals surface area contributed by atoms with Crippen molar-refractivity contribution in [3.8, 4) is 5.88 Å². The van der Waals surface area contributed by atoms with Crippen LogP contribution in [0.3, 0.4) is 0 Å².